The van der Waals surface area contributed by atoms with E-state index in [4.69, 9.17) is 0 Å². The smallest absolute Gasteiger partial charge is 0.255 e. The highest BCUT2D eigenvalue weighted by molar-refractivity contribution is 5.96. The molecular weight excluding hydrogens is 396 g/mol. The molecule has 2 N–H and O–H groups in total. The van der Waals surface area contributed by atoms with Crippen molar-refractivity contribution in [2.75, 3.05) is 32.7 Å². The summed E-state index contributed by atoms with van der Waals surface area (Å²) in [6.07, 6.45) is 3.56. The lowest BCUT2D eigenvalue weighted by Gasteiger charge is -2.56. The van der Waals surface area contributed by atoms with Gasteiger partial charge in [-0.05, 0) is 51.3 Å². The van der Waals surface area contributed by atoms with Gasteiger partial charge >= 0.3 is 0 Å². The van der Waals surface area contributed by atoms with Gasteiger partial charge < -0.3 is 20.4 Å². The lowest BCUT2D eigenvalue weighted by atomic mass is 9.74. The van der Waals surface area contributed by atoms with Gasteiger partial charge in [-0.25, -0.2) is 0 Å². The lowest BCUT2D eigenvalue weighted by molar-refractivity contribution is -0.142. The molecule has 0 saturated carbocycles. The first-order chi connectivity index (χ1) is 15.2. The van der Waals surface area contributed by atoms with Gasteiger partial charge in [0.1, 0.15) is 0 Å². The van der Waals surface area contributed by atoms with Crippen molar-refractivity contribution in [3.63, 3.8) is 0 Å². The Morgan fingerprint density at radius 1 is 1.22 bits per heavy atom. The Bertz CT molecular complexity index is 936. The van der Waals surface area contributed by atoms with Gasteiger partial charge in [-0.1, -0.05) is 43.0 Å². The minimum atomic E-state index is 0.0420. The molecule has 0 atom stereocenters. The minimum absolute atomic E-state index is 0.0420. The zero-order valence-electron chi connectivity index (χ0n) is 20.3. The molecule has 1 aromatic rings. The molecular formula is C27H38N4O. The van der Waals surface area contributed by atoms with Gasteiger partial charge in [0, 0.05) is 62.3 Å². The zero-order valence-corrected chi connectivity index (χ0v) is 20.3. The van der Waals surface area contributed by atoms with Crippen LogP contribution in [0.1, 0.15) is 37.5 Å². The maximum absolute atomic E-state index is 13.1. The van der Waals surface area contributed by atoms with Crippen molar-refractivity contribution in [2.45, 2.75) is 41.2 Å². The van der Waals surface area contributed by atoms with Crippen LogP contribution in [-0.2, 0) is 11.3 Å². The predicted octanol–water partition coefficient (Wildman–Crippen LogP) is 4.02. The topological polar surface area (TPSA) is 47.6 Å². The Labute approximate surface area is 193 Å². The molecule has 5 nitrogen and oxygen atoms in total. The van der Waals surface area contributed by atoms with Gasteiger partial charge in [0.15, 0.2) is 0 Å². The first-order valence-electron chi connectivity index (χ1n) is 11.4. The number of amides is 1. The molecule has 32 heavy (non-hydrogen) atoms. The Balaban J connectivity index is 1.70. The van der Waals surface area contributed by atoms with E-state index >= 15 is 0 Å². The van der Waals surface area contributed by atoms with Crippen LogP contribution < -0.4 is 10.6 Å². The number of hydrogen-bond acceptors (Lipinski definition) is 4. The van der Waals surface area contributed by atoms with Crippen molar-refractivity contribution in [1.29, 1.82) is 0 Å². The molecule has 2 saturated heterocycles. The third kappa shape index (κ3) is 5.05. The zero-order chi connectivity index (χ0) is 23.5. The molecule has 0 radical (unpaired) electrons. The van der Waals surface area contributed by atoms with Gasteiger partial charge in [-0.3, -0.25) is 4.79 Å². The van der Waals surface area contributed by atoms with E-state index in [9.17, 15) is 4.79 Å². The lowest BCUT2D eigenvalue weighted by Crippen LogP contribution is -2.72. The quantitative estimate of drug-likeness (QED) is 0.455. The fourth-order valence-electron chi connectivity index (χ4n) is 4.34. The number of hydrogen-bond donors (Lipinski definition) is 2. The van der Waals surface area contributed by atoms with Crippen molar-refractivity contribution in [3.8, 4) is 0 Å². The normalized spacial score (nSPS) is 16.8. The molecule has 0 aromatic heterocycles. The fourth-order valence-corrected chi connectivity index (χ4v) is 4.34. The van der Waals surface area contributed by atoms with E-state index in [0.717, 1.165) is 44.1 Å². The highest BCUT2D eigenvalue weighted by atomic mass is 16.2. The second kappa shape index (κ2) is 9.88. The Morgan fingerprint density at radius 2 is 1.84 bits per heavy atom. The number of rotatable bonds is 9. The van der Waals surface area contributed by atoms with Crippen LogP contribution >= 0.6 is 0 Å². The number of nitrogens with one attached hydrogen (secondary N) is 2. The van der Waals surface area contributed by atoms with Crippen LogP contribution in [-0.4, -0.2) is 48.4 Å². The van der Waals surface area contributed by atoms with Crippen LogP contribution in [0.4, 0.5) is 0 Å². The predicted molar refractivity (Wildman–Crippen MR) is 133 cm³/mol. The molecule has 1 spiro atoms. The largest absolute Gasteiger partial charge is 0.337 e. The van der Waals surface area contributed by atoms with Crippen LogP contribution in [0.15, 0.2) is 66.2 Å². The Hall–Kier alpha value is -2.63. The first-order valence-corrected chi connectivity index (χ1v) is 11.4. The molecule has 2 aliphatic heterocycles. The number of likely N-dealkylation sites (tertiary alicyclic amines) is 1. The highest BCUT2D eigenvalue weighted by Crippen LogP contribution is 2.35. The van der Waals surface area contributed by atoms with Crippen molar-refractivity contribution < 1.29 is 4.79 Å². The summed E-state index contributed by atoms with van der Waals surface area (Å²) in [6, 6.07) is 6.37. The third-order valence-corrected chi connectivity index (χ3v) is 6.78. The number of carbonyl (C=O) groups is 1. The Morgan fingerprint density at radius 3 is 2.34 bits per heavy atom. The summed E-state index contributed by atoms with van der Waals surface area (Å²) in [5.74, 6) is 0.0420. The molecule has 0 unspecified atom stereocenters. The summed E-state index contributed by atoms with van der Waals surface area (Å²) >= 11 is 0. The molecule has 1 aromatic carbocycles. The number of aryl methyl sites for hydroxylation is 2. The number of benzene rings is 1. The third-order valence-electron chi connectivity index (χ3n) is 6.78. The SMILES string of the molecule is C=C/C(=C\N(C(=C)CNCc1c(C)cccc1C)C(C)=C(C)C)C(=O)N1CC2(CNC2)C1. The molecule has 0 aliphatic carbocycles. The van der Waals surface area contributed by atoms with Crippen molar-refractivity contribution in [1.82, 2.24) is 20.4 Å². The van der Waals surface area contributed by atoms with Gasteiger partial charge in [0.2, 0.25) is 0 Å². The van der Waals surface area contributed by atoms with Crippen molar-refractivity contribution >= 4 is 5.91 Å². The molecule has 2 aliphatic rings. The van der Waals surface area contributed by atoms with Gasteiger partial charge in [-0.2, -0.15) is 0 Å². The fraction of sp³-hybridized carbons (Fsp3) is 0.444. The standard InChI is InChI=1S/C27H38N4O/c1-8-24(26(32)30-17-27(18-30)15-29-16-27)14-31(23(7)19(2)3)22(6)12-28-13-25-20(4)10-9-11-21(25)5/h8-11,14,28-29H,1,6,12-13,15-18H2,2-5,7H3/b24-14+. The van der Waals surface area contributed by atoms with Crippen LogP contribution in [0.25, 0.3) is 0 Å². The van der Waals surface area contributed by atoms with E-state index in [1.54, 1.807) is 6.08 Å². The molecule has 172 valence electrons. The number of nitrogens with zero attached hydrogens (tertiary/aromatic N) is 2. The van der Waals surface area contributed by atoms with E-state index in [-0.39, 0.29) is 5.91 Å². The Kier molecular flexibility index (Phi) is 7.42. The van der Waals surface area contributed by atoms with Gasteiger partial charge in [-0.15, -0.1) is 0 Å². The first kappa shape index (κ1) is 24.0. The van der Waals surface area contributed by atoms with E-state index in [2.05, 4.69) is 76.6 Å². The van der Waals surface area contributed by atoms with Crippen LogP contribution in [0, 0.1) is 19.3 Å². The van der Waals surface area contributed by atoms with Crippen LogP contribution in [0.3, 0.4) is 0 Å². The summed E-state index contributed by atoms with van der Waals surface area (Å²) in [5, 5.41) is 6.84. The highest BCUT2D eigenvalue weighted by Gasteiger charge is 2.49. The van der Waals surface area contributed by atoms with E-state index < -0.39 is 0 Å². The summed E-state index contributed by atoms with van der Waals surface area (Å²) in [7, 11) is 0. The molecule has 3 rings (SSSR count). The van der Waals surface area contributed by atoms with E-state index in [1.807, 2.05) is 16.0 Å². The molecule has 0 bridgehead atoms. The van der Waals surface area contributed by atoms with Crippen molar-refractivity contribution in [3.05, 3.63) is 82.9 Å². The van der Waals surface area contributed by atoms with Crippen LogP contribution in [0.5, 0.6) is 0 Å². The van der Waals surface area contributed by atoms with E-state index in [0.29, 0.717) is 17.5 Å². The summed E-state index contributed by atoms with van der Waals surface area (Å²) in [4.78, 5) is 17.0. The average Bonchev–Trinajstić information content (AvgIpc) is 2.68. The average molecular weight is 435 g/mol. The second-order valence-electron chi connectivity index (χ2n) is 9.55. The van der Waals surface area contributed by atoms with E-state index in [1.165, 1.54) is 22.3 Å². The summed E-state index contributed by atoms with van der Waals surface area (Å²) in [6.45, 7) is 23.8. The summed E-state index contributed by atoms with van der Waals surface area (Å²) < 4.78 is 0. The molecule has 1 amide bonds. The van der Waals surface area contributed by atoms with Crippen LogP contribution in [0.2, 0.25) is 0 Å². The second-order valence-corrected chi connectivity index (χ2v) is 9.55. The monoisotopic (exact) mass is 434 g/mol. The minimum Gasteiger partial charge on any atom is -0.337 e. The maximum Gasteiger partial charge on any atom is 0.255 e. The number of allylic oxidation sites excluding steroid dienone is 2. The van der Waals surface area contributed by atoms with Gasteiger partial charge in [0.25, 0.3) is 5.91 Å². The number of carbonyl (C=O) groups excluding carboxylic acids is 1. The molecule has 5 heteroatoms. The van der Waals surface area contributed by atoms with Crippen molar-refractivity contribution in [2.24, 2.45) is 5.41 Å². The molecule has 2 fully saturated rings. The maximum atomic E-state index is 13.1. The van der Waals surface area contributed by atoms with Gasteiger partial charge in [0.05, 0.1) is 5.57 Å². The summed E-state index contributed by atoms with van der Waals surface area (Å²) in [5.41, 5.74) is 7.94. The molecule has 2 heterocycles.